The first kappa shape index (κ1) is 16.6. The minimum Gasteiger partial charge on any atom is -0.363 e. The molecule has 0 saturated carbocycles. The summed E-state index contributed by atoms with van der Waals surface area (Å²) in [5, 5.41) is 4.05. The van der Waals surface area contributed by atoms with E-state index in [9.17, 15) is 4.79 Å². The Morgan fingerprint density at radius 3 is 2.35 bits per heavy atom. The molecule has 26 heavy (non-hydrogen) atoms. The van der Waals surface area contributed by atoms with Gasteiger partial charge in [0, 0.05) is 18.7 Å². The molecule has 2 heterocycles. The molecule has 0 atom stereocenters. The number of aromatic nitrogens is 1. The van der Waals surface area contributed by atoms with E-state index in [1.165, 1.54) is 11.8 Å². The number of amides is 1. The lowest BCUT2D eigenvalue weighted by atomic mass is 9.90. The number of hydrogen-bond donors (Lipinski definition) is 0. The van der Waals surface area contributed by atoms with Crippen LogP contribution in [0.1, 0.15) is 28.8 Å². The van der Waals surface area contributed by atoms with Crippen LogP contribution in [0.15, 0.2) is 71.4 Å². The van der Waals surface area contributed by atoms with Gasteiger partial charge in [0.1, 0.15) is 17.5 Å². The largest absolute Gasteiger partial charge is 0.363 e. The zero-order valence-electron chi connectivity index (χ0n) is 14.7. The van der Waals surface area contributed by atoms with Gasteiger partial charge in [0.05, 0.1) is 0 Å². The fourth-order valence-corrected chi connectivity index (χ4v) is 3.65. The predicted molar refractivity (Wildman–Crippen MR) is 101 cm³/mol. The number of hydrogen-bond acceptors (Lipinski definition) is 3. The number of nitrogens with zero attached hydrogens (tertiary/aromatic N) is 2. The van der Waals surface area contributed by atoms with Crippen LogP contribution < -0.4 is 0 Å². The van der Waals surface area contributed by atoms with Crippen molar-refractivity contribution in [1.29, 1.82) is 0 Å². The molecule has 4 heteroatoms. The number of likely N-dealkylation sites (tertiary alicyclic amines) is 1. The monoisotopic (exact) mass is 346 g/mol. The second-order valence-corrected chi connectivity index (χ2v) is 6.87. The van der Waals surface area contributed by atoms with Crippen molar-refractivity contribution >= 4 is 5.91 Å². The van der Waals surface area contributed by atoms with Gasteiger partial charge < -0.3 is 9.42 Å². The van der Waals surface area contributed by atoms with Gasteiger partial charge in [-0.2, -0.15) is 0 Å². The van der Waals surface area contributed by atoms with Gasteiger partial charge in [-0.05, 0) is 30.7 Å². The second-order valence-electron chi connectivity index (χ2n) is 6.87. The van der Waals surface area contributed by atoms with Crippen molar-refractivity contribution in [2.75, 3.05) is 13.1 Å². The zero-order valence-corrected chi connectivity index (χ0v) is 14.7. The topological polar surface area (TPSA) is 46.3 Å². The predicted octanol–water partition coefficient (Wildman–Crippen LogP) is 4.44. The van der Waals surface area contributed by atoms with Gasteiger partial charge >= 0.3 is 0 Å². The Morgan fingerprint density at radius 1 is 1.00 bits per heavy atom. The molecule has 132 valence electrons. The third kappa shape index (κ3) is 3.54. The molecule has 1 amide bonds. The van der Waals surface area contributed by atoms with Crippen molar-refractivity contribution in [3.05, 3.63) is 78.1 Å². The van der Waals surface area contributed by atoms with Gasteiger partial charge in [0.25, 0.3) is 5.91 Å². The van der Waals surface area contributed by atoms with Crippen molar-refractivity contribution in [3.63, 3.8) is 0 Å². The van der Waals surface area contributed by atoms with E-state index in [1.54, 1.807) is 0 Å². The van der Waals surface area contributed by atoms with Gasteiger partial charge in [-0.3, -0.25) is 4.79 Å². The Labute approximate surface area is 153 Å². The molecule has 0 radical (unpaired) electrons. The number of carbonyl (C=O) groups excluding carboxylic acids is 1. The summed E-state index contributed by atoms with van der Waals surface area (Å²) >= 11 is 0. The summed E-state index contributed by atoms with van der Waals surface area (Å²) in [7, 11) is 0. The first-order chi connectivity index (χ1) is 12.8. The maximum atomic E-state index is 12.9. The summed E-state index contributed by atoms with van der Waals surface area (Å²) in [6, 6.07) is 20.3. The highest BCUT2D eigenvalue weighted by molar-refractivity contribution is 5.99. The van der Waals surface area contributed by atoms with Crippen LogP contribution in [0.4, 0.5) is 0 Å². The van der Waals surface area contributed by atoms with Gasteiger partial charge in [0.15, 0.2) is 0 Å². The minimum absolute atomic E-state index is 0.0169. The van der Waals surface area contributed by atoms with E-state index < -0.39 is 0 Å². The highest BCUT2D eigenvalue weighted by atomic mass is 16.5. The molecule has 1 aliphatic rings. The lowest BCUT2D eigenvalue weighted by Gasteiger charge is -2.32. The molecule has 1 aromatic heterocycles. The Balaban J connectivity index is 1.41. The van der Waals surface area contributed by atoms with Crippen LogP contribution in [0.25, 0.3) is 11.3 Å². The Hall–Kier alpha value is -2.88. The standard InChI is InChI=1S/C22H22N2O2/c25-22(20-16-26-23-21(20)19-9-5-2-6-10-19)24-13-11-18(12-14-24)15-17-7-3-1-4-8-17/h1-10,16,18H,11-15H2. The average Bonchev–Trinajstić information content (AvgIpc) is 3.19. The summed E-state index contributed by atoms with van der Waals surface area (Å²) < 4.78 is 5.11. The Morgan fingerprint density at radius 2 is 1.65 bits per heavy atom. The van der Waals surface area contributed by atoms with Crippen molar-refractivity contribution in [2.24, 2.45) is 5.92 Å². The van der Waals surface area contributed by atoms with Crippen LogP contribution in [-0.4, -0.2) is 29.1 Å². The van der Waals surface area contributed by atoms with Crippen molar-refractivity contribution in [3.8, 4) is 11.3 Å². The highest BCUT2D eigenvalue weighted by Gasteiger charge is 2.27. The van der Waals surface area contributed by atoms with Crippen molar-refractivity contribution in [1.82, 2.24) is 10.1 Å². The van der Waals surface area contributed by atoms with E-state index in [0.717, 1.165) is 37.9 Å². The Bertz CT molecular complexity index is 850. The lowest BCUT2D eigenvalue weighted by molar-refractivity contribution is 0.0690. The number of piperidine rings is 1. The molecule has 4 rings (SSSR count). The minimum atomic E-state index is 0.0169. The van der Waals surface area contributed by atoms with E-state index in [1.807, 2.05) is 41.3 Å². The van der Waals surface area contributed by atoms with E-state index in [4.69, 9.17) is 4.52 Å². The van der Waals surface area contributed by atoms with Gasteiger partial charge in [-0.1, -0.05) is 65.8 Å². The molecule has 4 nitrogen and oxygen atoms in total. The van der Waals surface area contributed by atoms with Crippen molar-refractivity contribution in [2.45, 2.75) is 19.3 Å². The van der Waals surface area contributed by atoms with Crippen LogP contribution in [0.2, 0.25) is 0 Å². The second kappa shape index (κ2) is 7.56. The molecular formula is C22H22N2O2. The average molecular weight is 346 g/mol. The third-order valence-electron chi connectivity index (χ3n) is 5.12. The van der Waals surface area contributed by atoms with Crippen LogP contribution in [0.5, 0.6) is 0 Å². The number of carbonyl (C=O) groups is 1. The first-order valence-electron chi connectivity index (χ1n) is 9.14. The fraction of sp³-hybridized carbons (Fsp3) is 0.273. The van der Waals surface area contributed by atoms with E-state index in [0.29, 0.717) is 17.2 Å². The molecule has 0 spiro atoms. The van der Waals surface area contributed by atoms with E-state index in [2.05, 4.69) is 29.4 Å². The van der Waals surface area contributed by atoms with Crippen LogP contribution >= 0.6 is 0 Å². The third-order valence-corrected chi connectivity index (χ3v) is 5.12. The van der Waals surface area contributed by atoms with E-state index in [-0.39, 0.29) is 5.91 Å². The maximum absolute atomic E-state index is 12.9. The molecule has 3 aromatic rings. The molecule has 1 aliphatic heterocycles. The van der Waals surface area contributed by atoms with Gasteiger partial charge in [0.2, 0.25) is 0 Å². The summed E-state index contributed by atoms with van der Waals surface area (Å²) in [5.41, 5.74) is 3.46. The van der Waals surface area contributed by atoms with Crippen molar-refractivity contribution < 1.29 is 9.32 Å². The maximum Gasteiger partial charge on any atom is 0.259 e. The summed E-state index contributed by atoms with van der Waals surface area (Å²) in [6.45, 7) is 1.57. The molecular weight excluding hydrogens is 324 g/mol. The van der Waals surface area contributed by atoms with Gasteiger partial charge in [-0.25, -0.2) is 0 Å². The highest BCUT2D eigenvalue weighted by Crippen LogP contribution is 2.26. The number of rotatable bonds is 4. The quantitative estimate of drug-likeness (QED) is 0.702. The first-order valence-corrected chi connectivity index (χ1v) is 9.14. The van der Waals surface area contributed by atoms with Crippen LogP contribution in [0.3, 0.4) is 0 Å². The summed E-state index contributed by atoms with van der Waals surface area (Å²) in [5.74, 6) is 0.654. The SMILES string of the molecule is O=C(c1conc1-c1ccccc1)N1CCC(Cc2ccccc2)CC1. The molecule has 0 N–H and O–H groups in total. The number of benzene rings is 2. The van der Waals surface area contributed by atoms with Crippen LogP contribution in [0, 0.1) is 5.92 Å². The summed E-state index contributed by atoms with van der Waals surface area (Å²) in [4.78, 5) is 14.9. The molecule has 0 unspecified atom stereocenters. The lowest BCUT2D eigenvalue weighted by Crippen LogP contribution is -2.39. The molecule has 0 bridgehead atoms. The normalized spacial score (nSPS) is 15.2. The molecule has 0 aliphatic carbocycles. The molecule has 1 saturated heterocycles. The smallest absolute Gasteiger partial charge is 0.259 e. The van der Waals surface area contributed by atoms with E-state index >= 15 is 0 Å². The fourth-order valence-electron chi connectivity index (χ4n) is 3.65. The Kier molecular flexibility index (Phi) is 4.82. The molecule has 2 aromatic carbocycles. The molecule has 1 fully saturated rings. The zero-order chi connectivity index (χ0) is 17.8. The summed E-state index contributed by atoms with van der Waals surface area (Å²) in [6.07, 6.45) is 4.63. The van der Waals surface area contributed by atoms with Crippen LogP contribution in [-0.2, 0) is 6.42 Å². The van der Waals surface area contributed by atoms with Gasteiger partial charge in [-0.15, -0.1) is 0 Å².